The Balaban J connectivity index is 1.77. The van der Waals surface area contributed by atoms with Crippen LogP contribution in [0.1, 0.15) is 23.2 Å². The van der Waals surface area contributed by atoms with Crippen LogP contribution in [0.25, 0.3) is 0 Å². The molecule has 144 valence electrons. The lowest BCUT2D eigenvalue weighted by atomic mass is 10.2. The van der Waals surface area contributed by atoms with Crippen LogP contribution in [-0.2, 0) is 14.8 Å². The fourth-order valence-electron chi connectivity index (χ4n) is 2.70. The number of amides is 1. The van der Waals surface area contributed by atoms with Crippen LogP contribution < -0.4 is 10.0 Å². The van der Waals surface area contributed by atoms with E-state index in [0.29, 0.717) is 11.1 Å². The lowest BCUT2D eigenvalue weighted by Gasteiger charge is -2.13. The molecule has 2 N–H and O–H groups in total. The molecule has 1 aliphatic heterocycles. The molecule has 9 heteroatoms. The van der Waals surface area contributed by atoms with Crippen molar-refractivity contribution in [3.8, 4) is 0 Å². The van der Waals surface area contributed by atoms with Crippen molar-refractivity contribution in [2.24, 2.45) is 0 Å². The molecule has 1 fully saturated rings. The number of hydrogen-bond acceptors (Lipinski definition) is 4. The molecule has 6 nitrogen and oxygen atoms in total. The molecule has 0 bridgehead atoms. The fraction of sp³-hybridized carbons (Fsp3) is 0.278. The summed E-state index contributed by atoms with van der Waals surface area (Å²) >= 11 is 3.25. The van der Waals surface area contributed by atoms with Crippen molar-refractivity contribution in [3.63, 3.8) is 0 Å². The van der Waals surface area contributed by atoms with Gasteiger partial charge in [-0.3, -0.25) is 4.79 Å². The summed E-state index contributed by atoms with van der Waals surface area (Å²) in [7, 11) is -3.79. The minimum absolute atomic E-state index is 0.0342. The molecule has 0 saturated carbocycles. The average molecular weight is 457 g/mol. The maximum atomic E-state index is 13.3. The topological polar surface area (TPSA) is 84.5 Å². The Morgan fingerprint density at radius 3 is 2.78 bits per heavy atom. The Morgan fingerprint density at radius 1 is 1.26 bits per heavy atom. The van der Waals surface area contributed by atoms with Crippen molar-refractivity contribution in [2.75, 3.05) is 18.5 Å². The second-order valence-electron chi connectivity index (χ2n) is 6.09. The van der Waals surface area contributed by atoms with Crippen molar-refractivity contribution >= 4 is 37.5 Å². The van der Waals surface area contributed by atoms with Gasteiger partial charge in [-0.05, 0) is 65.2 Å². The molecule has 3 rings (SSSR count). The normalized spacial score (nSPS) is 17.0. The zero-order valence-electron chi connectivity index (χ0n) is 14.2. The second-order valence-corrected chi connectivity index (χ2v) is 8.71. The number of carbonyl (C=O) groups is 1. The SMILES string of the molecule is O=C(Nc1cccc(F)c1)c1cc(S(=O)(=O)NC[C@@H]2CCCO2)ccc1Br. The van der Waals surface area contributed by atoms with E-state index in [2.05, 4.69) is 26.0 Å². The first kappa shape index (κ1) is 19.9. The van der Waals surface area contributed by atoms with Gasteiger partial charge < -0.3 is 10.1 Å². The molecular weight excluding hydrogens is 439 g/mol. The first-order valence-electron chi connectivity index (χ1n) is 8.33. The van der Waals surface area contributed by atoms with Gasteiger partial charge in [0.05, 0.1) is 16.6 Å². The summed E-state index contributed by atoms with van der Waals surface area (Å²) in [5, 5.41) is 2.55. The van der Waals surface area contributed by atoms with Gasteiger partial charge in [-0.1, -0.05) is 6.07 Å². The zero-order valence-corrected chi connectivity index (χ0v) is 16.6. The van der Waals surface area contributed by atoms with E-state index in [1.807, 2.05) is 0 Å². The van der Waals surface area contributed by atoms with Crippen LogP contribution >= 0.6 is 15.9 Å². The van der Waals surface area contributed by atoms with E-state index in [-0.39, 0.29) is 28.8 Å². The van der Waals surface area contributed by atoms with Crippen molar-refractivity contribution in [2.45, 2.75) is 23.8 Å². The van der Waals surface area contributed by atoms with Crippen LogP contribution in [0, 0.1) is 5.82 Å². The molecule has 0 radical (unpaired) electrons. The summed E-state index contributed by atoms with van der Waals surface area (Å²) in [5.74, 6) is -1.04. The predicted octanol–water partition coefficient (Wildman–Crippen LogP) is 3.30. The third-order valence-electron chi connectivity index (χ3n) is 4.10. The number of carbonyl (C=O) groups excluding carboxylic acids is 1. The lowest BCUT2D eigenvalue weighted by Crippen LogP contribution is -2.32. The molecule has 1 aliphatic rings. The minimum atomic E-state index is -3.79. The largest absolute Gasteiger partial charge is 0.377 e. The van der Waals surface area contributed by atoms with Gasteiger partial charge in [-0.15, -0.1) is 0 Å². The van der Waals surface area contributed by atoms with Gasteiger partial charge in [-0.25, -0.2) is 17.5 Å². The Hall–Kier alpha value is -1.81. The van der Waals surface area contributed by atoms with Crippen LogP contribution in [0.4, 0.5) is 10.1 Å². The standard InChI is InChI=1S/C18H18BrFN2O4S/c19-17-7-6-15(27(24,25)21-11-14-5-2-8-26-14)10-16(17)18(23)22-13-4-1-3-12(20)9-13/h1,3-4,6-7,9-10,14,21H,2,5,8,11H2,(H,22,23)/t14-/m0/s1. The van der Waals surface area contributed by atoms with Crippen LogP contribution in [0.15, 0.2) is 51.8 Å². The van der Waals surface area contributed by atoms with E-state index in [0.717, 1.165) is 12.8 Å². The Morgan fingerprint density at radius 2 is 2.07 bits per heavy atom. The van der Waals surface area contributed by atoms with Crippen LogP contribution in [-0.4, -0.2) is 33.6 Å². The van der Waals surface area contributed by atoms with Crippen LogP contribution in [0.5, 0.6) is 0 Å². The van der Waals surface area contributed by atoms with Gasteiger partial charge >= 0.3 is 0 Å². The van der Waals surface area contributed by atoms with Crippen molar-refractivity contribution < 1.29 is 22.3 Å². The van der Waals surface area contributed by atoms with E-state index in [1.165, 1.54) is 36.4 Å². The molecule has 0 aromatic heterocycles. The molecular formula is C18H18BrFN2O4S. The molecule has 1 saturated heterocycles. The number of hydrogen-bond donors (Lipinski definition) is 2. The van der Waals surface area contributed by atoms with Gasteiger partial charge in [0.1, 0.15) is 5.82 Å². The monoisotopic (exact) mass is 456 g/mol. The molecule has 1 amide bonds. The van der Waals surface area contributed by atoms with E-state index in [9.17, 15) is 17.6 Å². The smallest absolute Gasteiger partial charge is 0.256 e. The molecule has 0 aliphatic carbocycles. The number of anilines is 1. The average Bonchev–Trinajstić information content (AvgIpc) is 3.14. The minimum Gasteiger partial charge on any atom is -0.377 e. The molecule has 2 aromatic carbocycles. The number of ether oxygens (including phenoxy) is 1. The molecule has 0 spiro atoms. The van der Waals surface area contributed by atoms with E-state index < -0.39 is 21.7 Å². The number of benzene rings is 2. The molecule has 2 aromatic rings. The maximum absolute atomic E-state index is 13.3. The third kappa shape index (κ3) is 5.13. The summed E-state index contributed by atoms with van der Waals surface area (Å²) < 4.78 is 46.7. The number of sulfonamides is 1. The molecule has 1 atom stereocenters. The quantitative estimate of drug-likeness (QED) is 0.698. The highest BCUT2D eigenvalue weighted by Gasteiger charge is 2.22. The van der Waals surface area contributed by atoms with Gasteiger partial charge in [0.2, 0.25) is 10.0 Å². The summed E-state index contributed by atoms with van der Waals surface area (Å²) in [6.07, 6.45) is 1.59. The first-order chi connectivity index (χ1) is 12.8. The summed E-state index contributed by atoms with van der Waals surface area (Å²) in [6, 6.07) is 9.61. The number of nitrogens with one attached hydrogen (secondary N) is 2. The molecule has 0 unspecified atom stereocenters. The highest BCUT2D eigenvalue weighted by Crippen LogP contribution is 2.23. The second kappa shape index (κ2) is 8.47. The van der Waals surface area contributed by atoms with Crippen molar-refractivity contribution in [1.29, 1.82) is 0 Å². The highest BCUT2D eigenvalue weighted by atomic mass is 79.9. The Labute approximate surface area is 165 Å². The van der Waals surface area contributed by atoms with E-state index in [1.54, 1.807) is 6.07 Å². The van der Waals surface area contributed by atoms with Crippen molar-refractivity contribution in [1.82, 2.24) is 4.72 Å². The highest BCUT2D eigenvalue weighted by molar-refractivity contribution is 9.10. The Bertz CT molecular complexity index is 946. The molecule has 1 heterocycles. The van der Waals surface area contributed by atoms with Gasteiger partial charge in [0.25, 0.3) is 5.91 Å². The number of rotatable bonds is 6. The Kier molecular flexibility index (Phi) is 6.25. The number of halogens is 2. The van der Waals surface area contributed by atoms with Gasteiger partial charge in [0.15, 0.2) is 0 Å². The van der Waals surface area contributed by atoms with Gasteiger partial charge in [0, 0.05) is 23.3 Å². The van der Waals surface area contributed by atoms with Crippen LogP contribution in [0.3, 0.4) is 0 Å². The van der Waals surface area contributed by atoms with E-state index >= 15 is 0 Å². The maximum Gasteiger partial charge on any atom is 0.256 e. The lowest BCUT2D eigenvalue weighted by molar-refractivity contribution is 0.102. The summed E-state index contributed by atoms with van der Waals surface area (Å²) in [6.45, 7) is 0.818. The molecule has 27 heavy (non-hydrogen) atoms. The van der Waals surface area contributed by atoms with Gasteiger partial charge in [-0.2, -0.15) is 0 Å². The summed E-state index contributed by atoms with van der Waals surface area (Å²) in [4.78, 5) is 12.5. The first-order valence-corrected chi connectivity index (χ1v) is 10.6. The fourth-order valence-corrected chi connectivity index (χ4v) is 4.22. The van der Waals surface area contributed by atoms with Crippen LogP contribution in [0.2, 0.25) is 0 Å². The van der Waals surface area contributed by atoms with Crippen molar-refractivity contribution in [3.05, 3.63) is 58.3 Å². The third-order valence-corrected chi connectivity index (χ3v) is 6.21. The zero-order chi connectivity index (χ0) is 19.4. The van der Waals surface area contributed by atoms with E-state index in [4.69, 9.17) is 4.74 Å². The summed E-state index contributed by atoms with van der Waals surface area (Å²) in [5.41, 5.74) is 0.399. The predicted molar refractivity (Wildman–Crippen MR) is 103 cm³/mol.